The Balaban J connectivity index is 1.81. The monoisotopic (exact) mass is 237 g/mol. The highest BCUT2D eigenvalue weighted by atomic mass is 15.3. The lowest BCUT2D eigenvalue weighted by Gasteiger charge is -2.22. The molecule has 98 valence electrons. The number of nitrogens with one attached hydrogen (secondary N) is 1. The first-order valence-corrected chi connectivity index (χ1v) is 7.08. The molecule has 3 heteroatoms. The number of likely N-dealkylation sites (tertiary alicyclic amines) is 1. The topological polar surface area (TPSA) is 27.6 Å². The first-order chi connectivity index (χ1) is 8.10. The van der Waals surface area contributed by atoms with E-state index in [-0.39, 0.29) is 0 Å². The Labute approximate surface area is 106 Å². The highest BCUT2D eigenvalue weighted by molar-refractivity contribution is 5.80. The van der Waals surface area contributed by atoms with Crippen LogP contribution in [0.25, 0.3) is 0 Å². The van der Waals surface area contributed by atoms with Crippen molar-refractivity contribution in [2.45, 2.75) is 46.1 Å². The Morgan fingerprint density at radius 1 is 1.47 bits per heavy atom. The maximum atomic E-state index is 4.43. The molecule has 0 aromatic heterocycles. The molecule has 1 aliphatic carbocycles. The highest BCUT2D eigenvalue weighted by Crippen LogP contribution is 2.30. The van der Waals surface area contributed by atoms with Crippen molar-refractivity contribution in [3.63, 3.8) is 0 Å². The van der Waals surface area contributed by atoms with Gasteiger partial charge in [0.15, 0.2) is 5.96 Å². The molecule has 1 heterocycles. The Morgan fingerprint density at radius 3 is 2.71 bits per heavy atom. The van der Waals surface area contributed by atoms with E-state index in [0.29, 0.717) is 6.04 Å². The SMILES string of the molecule is CN=C(NC1CC1C)N1CCC(CC(C)C)C1. The van der Waals surface area contributed by atoms with Gasteiger partial charge >= 0.3 is 0 Å². The molecule has 1 aliphatic heterocycles. The van der Waals surface area contributed by atoms with Gasteiger partial charge in [0, 0.05) is 26.2 Å². The lowest BCUT2D eigenvalue weighted by molar-refractivity contribution is 0.403. The van der Waals surface area contributed by atoms with Crippen LogP contribution in [-0.2, 0) is 0 Å². The molecule has 2 aliphatic rings. The van der Waals surface area contributed by atoms with E-state index in [1.165, 1.54) is 32.4 Å². The van der Waals surface area contributed by atoms with Gasteiger partial charge in [-0.15, -0.1) is 0 Å². The van der Waals surface area contributed by atoms with Gasteiger partial charge in [0.05, 0.1) is 0 Å². The van der Waals surface area contributed by atoms with E-state index in [1.807, 2.05) is 7.05 Å². The standard InChI is InChI=1S/C14H27N3/c1-10(2)7-12-5-6-17(9-12)14(15-4)16-13-8-11(13)3/h10-13H,5-9H2,1-4H3,(H,15,16). The fourth-order valence-electron chi connectivity index (χ4n) is 2.87. The molecule has 0 amide bonds. The van der Waals surface area contributed by atoms with Gasteiger partial charge in [-0.2, -0.15) is 0 Å². The van der Waals surface area contributed by atoms with Crippen molar-refractivity contribution < 1.29 is 0 Å². The van der Waals surface area contributed by atoms with E-state index in [1.54, 1.807) is 0 Å². The largest absolute Gasteiger partial charge is 0.353 e. The van der Waals surface area contributed by atoms with Crippen LogP contribution >= 0.6 is 0 Å². The minimum Gasteiger partial charge on any atom is -0.353 e. The fraction of sp³-hybridized carbons (Fsp3) is 0.929. The predicted octanol–water partition coefficient (Wildman–Crippen LogP) is 2.34. The van der Waals surface area contributed by atoms with Gasteiger partial charge in [-0.3, -0.25) is 4.99 Å². The van der Waals surface area contributed by atoms with E-state index in [9.17, 15) is 0 Å². The van der Waals surface area contributed by atoms with Crippen molar-refractivity contribution in [3.8, 4) is 0 Å². The molecule has 3 unspecified atom stereocenters. The third-order valence-corrected chi connectivity index (χ3v) is 4.03. The first-order valence-electron chi connectivity index (χ1n) is 7.08. The van der Waals surface area contributed by atoms with E-state index in [4.69, 9.17) is 0 Å². The molecule has 1 saturated carbocycles. The van der Waals surface area contributed by atoms with Crippen LogP contribution in [-0.4, -0.2) is 37.0 Å². The summed E-state index contributed by atoms with van der Waals surface area (Å²) in [5, 5.41) is 3.58. The number of hydrogen-bond donors (Lipinski definition) is 1. The minimum atomic E-state index is 0.679. The summed E-state index contributed by atoms with van der Waals surface area (Å²) in [5.74, 6) is 3.65. The smallest absolute Gasteiger partial charge is 0.193 e. The van der Waals surface area contributed by atoms with Crippen molar-refractivity contribution in [1.82, 2.24) is 10.2 Å². The highest BCUT2D eigenvalue weighted by Gasteiger charge is 2.35. The van der Waals surface area contributed by atoms with E-state index < -0.39 is 0 Å². The van der Waals surface area contributed by atoms with E-state index >= 15 is 0 Å². The van der Waals surface area contributed by atoms with Crippen molar-refractivity contribution in [1.29, 1.82) is 0 Å². The molecule has 2 fully saturated rings. The average Bonchev–Trinajstić information content (AvgIpc) is 2.75. The minimum absolute atomic E-state index is 0.679. The van der Waals surface area contributed by atoms with Crippen LogP contribution in [0.1, 0.15) is 40.0 Å². The van der Waals surface area contributed by atoms with Gasteiger partial charge in [-0.05, 0) is 37.0 Å². The zero-order valence-corrected chi connectivity index (χ0v) is 11.7. The molecule has 3 nitrogen and oxygen atoms in total. The lowest BCUT2D eigenvalue weighted by Crippen LogP contribution is -2.41. The van der Waals surface area contributed by atoms with Gasteiger partial charge in [0.2, 0.25) is 0 Å². The number of aliphatic imine (C=N–C) groups is 1. The molecule has 1 saturated heterocycles. The Hall–Kier alpha value is -0.730. The molecule has 0 radical (unpaired) electrons. The summed E-state index contributed by atoms with van der Waals surface area (Å²) in [7, 11) is 1.91. The fourth-order valence-corrected chi connectivity index (χ4v) is 2.87. The summed E-state index contributed by atoms with van der Waals surface area (Å²) >= 11 is 0. The summed E-state index contributed by atoms with van der Waals surface area (Å²) in [6.45, 7) is 9.32. The molecule has 0 aromatic rings. The lowest BCUT2D eigenvalue weighted by atomic mass is 9.97. The Morgan fingerprint density at radius 2 is 2.18 bits per heavy atom. The van der Waals surface area contributed by atoms with Gasteiger partial charge in [0.1, 0.15) is 0 Å². The van der Waals surface area contributed by atoms with Crippen molar-refractivity contribution in [3.05, 3.63) is 0 Å². The summed E-state index contributed by atoms with van der Waals surface area (Å²) in [4.78, 5) is 6.87. The molecule has 0 bridgehead atoms. The molecular formula is C14H27N3. The summed E-state index contributed by atoms with van der Waals surface area (Å²) in [5.41, 5.74) is 0. The summed E-state index contributed by atoms with van der Waals surface area (Å²) in [6.07, 6.45) is 3.99. The number of nitrogens with zero attached hydrogens (tertiary/aromatic N) is 2. The zero-order valence-electron chi connectivity index (χ0n) is 11.7. The van der Waals surface area contributed by atoms with Gasteiger partial charge < -0.3 is 10.2 Å². The van der Waals surface area contributed by atoms with Crippen molar-refractivity contribution in [2.75, 3.05) is 20.1 Å². The average molecular weight is 237 g/mol. The molecule has 3 atom stereocenters. The number of guanidine groups is 1. The summed E-state index contributed by atoms with van der Waals surface area (Å²) in [6, 6.07) is 0.679. The number of hydrogen-bond acceptors (Lipinski definition) is 1. The maximum Gasteiger partial charge on any atom is 0.193 e. The quantitative estimate of drug-likeness (QED) is 0.602. The molecule has 0 spiro atoms. The van der Waals surface area contributed by atoms with E-state index in [2.05, 4.69) is 36.0 Å². The van der Waals surface area contributed by atoms with Crippen LogP contribution in [0.4, 0.5) is 0 Å². The number of rotatable bonds is 3. The van der Waals surface area contributed by atoms with Gasteiger partial charge in [0.25, 0.3) is 0 Å². The molecule has 1 N–H and O–H groups in total. The Kier molecular flexibility index (Phi) is 3.95. The van der Waals surface area contributed by atoms with Crippen LogP contribution in [0.2, 0.25) is 0 Å². The normalized spacial score (nSPS) is 33.4. The van der Waals surface area contributed by atoms with Crippen LogP contribution in [0.3, 0.4) is 0 Å². The third-order valence-electron chi connectivity index (χ3n) is 4.03. The summed E-state index contributed by atoms with van der Waals surface area (Å²) < 4.78 is 0. The van der Waals surface area contributed by atoms with Crippen LogP contribution in [0.5, 0.6) is 0 Å². The molecular weight excluding hydrogens is 210 g/mol. The van der Waals surface area contributed by atoms with Crippen molar-refractivity contribution >= 4 is 5.96 Å². The third kappa shape index (κ3) is 3.36. The Bertz CT molecular complexity index is 285. The van der Waals surface area contributed by atoms with Crippen molar-refractivity contribution in [2.24, 2.45) is 22.7 Å². The second-order valence-electron chi connectivity index (χ2n) is 6.24. The molecule has 0 aromatic carbocycles. The second-order valence-corrected chi connectivity index (χ2v) is 6.24. The maximum absolute atomic E-state index is 4.43. The molecule has 2 rings (SSSR count). The van der Waals surface area contributed by atoms with Crippen LogP contribution in [0, 0.1) is 17.8 Å². The van der Waals surface area contributed by atoms with E-state index in [0.717, 1.165) is 23.7 Å². The predicted molar refractivity (Wildman–Crippen MR) is 73.2 cm³/mol. The second kappa shape index (κ2) is 5.28. The van der Waals surface area contributed by atoms with Crippen LogP contribution in [0.15, 0.2) is 4.99 Å². The first kappa shape index (κ1) is 12.7. The van der Waals surface area contributed by atoms with Gasteiger partial charge in [-0.25, -0.2) is 0 Å². The molecule has 17 heavy (non-hydrogen) atoms. The van der Waals surface area contributed by atoms with Crippen LogP contribution < -0.4 is 5.32 Å². The zero-order chi connectivity index (χ0) is 12.4. The van der Waals surface area contributed by atoms with Gasteiger partial charge in [-0.1, -0.05) is 20.8 Å².